The molecule has 2 unspecified atom stereocenters. The Bertz CT molecular complexity index is 2500. The van der Waals surface area contributed by atoms with Crippen LogP contribution < -0.4 is 9.47 Å². The second-order valence-electron chi connectivity index (χ2n) is 23.5. The Labute approximate surface area is 482 Å². The van der Waals surface area contributed by atoms with Crippen molar-refractivity contribution < 1.29 is 38.2 Å². The van der Waals surface area contributed by atoms with E-state index in [2.05, 4.69) is 69.2 Å². The predicted octanol–water partition coefficient (Wildman–Crippen LogP) is 15.1. The van der Waals surface area contributed by atoms with Gasteiger partial charge in [-0.1, -0.05) is 216 Å². The van der Waals surface area contributed by atoms with E-state index in [1.54, 1.807) is 0 Å². The standard InChI is InChI=1S/C62H84N4O8S4/c1-13-17-31-63(32-18-14-2)55(69)47(56(70)64(33-19-15-3)34-20-16-4)59-75-51-49(73-45(67)35-41(5)37-61(7,8)9)53-54(50(52(51)76-59)74-46(68)36-42(6)38-62(10,11)12)78-60(77-53)48-57(71)65(39-43-27-23-21-24-28-43)66(58(48)72)40-44-29-25-22-26-30-44/h21-30,41-42H,13-20,31-40H2,1-12H3. The number of ether oxygens (including phenoxy) is 2. The number of thioether (sulfide) groups is 4. The molecule has 78 heavy (non-hydrogen) atoms. The summed E-state index contributed by atoms with van der Waals surface area (Å²) in [5.41, 5.74) is 1.58. The number of hydrogen-bond donors (Lipinski definition) is 0. The molecular weight excluding hydrogens is 1060 g/mol. The summed E-state index contributed by atoms with van der Waals surface area (Å²) in [5.74, 6) is -2.36. The zero-order chi connectivity index (χ0) is 56.9. The molecule has 3 aromatic rings. The number of unbranched alkanes of at least 4 members (excludes halogenated alkanes) is 4. The van der Waals surface area contributed by atoms with Crippen LogP contribution in [0.15, 0.2) is 99.9 Å². The zero-order valence-corrected chi connectivity index (χ0v) is 51.6. The Kier molecular flexibility index (Phi) is 23.0. The Balaban J connectivity index is 1.59. The van der Waals surface area contributed by atoms with Crippen molar-refractivity contribution in [2.24, 2.45) is 22.7 Å². The molecule has 0 radical (unpaired) electrons. The summed E-state index contributed by atoms with van der Waals surface area (Å²) in [6, 6.07) is 19.0. The van der Waals surface area contributed by atoms with Gasteiger partial charge in [0.05, 0.1) is 41.1 Å². The lowest BCUT2D eigenvalue weighted by Gasteiger charge is -2.28. The number of nitrogens with zero attached hydrogens (tertiary/aromatic N) is 4. The molecule has 2 atom stereocenters. The van der Waals surface area contributed by atoms with E-state index in [1.807, 2.05) is 84.3 Å². The molecule has 3 aliphatic rings. The molecule has 16 heteroatoms. The molecule has 0 spiro atoms. The molecule has 0 saturated carbocycles. The van der Waals surface area contributed by atoms with Gasteiger partial charge in [-0.05, 0) is 72.3 Å². The highest BCUT2D eigenvalue weighted by molar-refractivity contribution is 8.26. The molecule has 3 heterocycles. The topological polar surface area (TPSA) is 134 Å². The summed E-state index contributed by atoms with van der Waals surface area (Å²) in [5, 5.41) is 2.97. The molecule has 1 fully saturated rings. The van der Waals surface area contributed by atoms with Crippen LogP contribution in [0.5, 0.6) is 11.5 Å². The fourth-order valence-corrected chi connectivity index (χ4v) is 15.6. The van der Waals surface area contributed by atoms with Crippen molar-refractivity contribution in [3.05, 3.63) is 91.4 Å². The van der Waals surface area contributed by atoms with Crippen LogP contribution in [-0.4, -0.2) is 81.6 Å². The molecule has 0 bridgehead atoms. The van der Waals surface area contributed by atoms with E-state index in [4.69, 9.17) is 9.47 Å². The zero-order valence-electron chi connectivity index (χ0n) is 48.3. The molecule has 4 amide bonds. The van der Waals surface area contributed by atoms with E-state index in [9.17, 15) is 19.2 Å². The van der Waals surface area contributed by atoms with E-state index >= 15 is 9.59 Å². The van der Waals surface area contributed by atoms with Crippen LogP contribution in [0.3, 0.4) is 0 Å². The molecule has 0 aliphatic carbocycles. The smallest absolute Gasteiger partial charge is 0.311 e. The normalized spacial score (nSPS) is 15.2. The van der Waals surface area contributed by atoms with Gasteiger partial charge < -0.3 is 19.3 Å². The minimum atomic E-state index is -0.485. The largest absolute Gasteiger partial charge is 0.424 e. The van der Waals surface area contributed by atoms with Crippen molar-refractivity contribution in [3.63, 3.8) is 0 Å². The van der Waals surface area contributed by atoms with Gasteiger partial charge in [-0.25, -0.2) is 10.0 Å². The van der Waals surface area contributed by atoms with E-state index in [1.165, 1.54) is 33.5 Å². The highest BCUT2D eigenvalue weighted by Crippen LogP contribution is 2.69. The van der Waals surface area contributed by atoms with Crippen LogP contribution in [0.1, 0.15) is 171 Å². The van der Waals surface area contributed by atoms with Crippen molar-refractivity contribution in [2.45, 2.75) is 193 Å². The van der Waals surface area contributed by atoms with Crippen molar-refractivity contribution in [3.8, 4) is 11.5 Å². The number of fused-ring (bicyclic) bond motifs is 2. The van der Waals surface area contributed by atoms with Gasteiger partial charge in [0.25, 0.3) is 23.6 Å². The Morgan fingerprint density at radius 3 is 1.18 bits per heavy atom. The number of amides is 4. The Morgan fingerprint density at radius 2 is 0.859 bits per heavy atom. The van der Waals surface area contributed by atoms with Gasteiger partial charge in [-0.3, -0.25) is 28.8 Å². The summed E-state index contributed by atoms with van der Waals surface area (Å²) in [7, 11) is 0. The van der Waals surface area contributed by atoms with Gasteiger partial charge in [-0.15, -0.1) is 0 Å². The van der Waals surface area contributed by atoms with Crippen LogP contribution >= 0.6 is 47.0 Å². The van der Waals surface area contributed by atoms with Crippen molar-refractivity contribution in [2.75, 3.05) is 26.2 Å². The van der Waals surface area contributed by atoms with E-state index in [0.717, 1.165) is 98.9 Å². The maximum atomic E-state index is 15.4. The second-order valence-corrected chi connectivity index (χ2v) is 28.1. The van der Waals surface area contributed by atoms with Crippen molar-refractivity contribution >= 4 is 82.6 Å². The van der Waals surface area contributed by atoms with Gasteiger partial charge in [-0.2, -0.15) is 0 Å². The average molecular weight is 1140 g/mol. The van der Waals surface area contributed by atoms with Gasteiger partial charge in [0.15, 0.2) is 11.5 Å². The lowest BCUT2D eigenvalue weighted by molar-refractivity contribution is -0.149. The fourth-order valence-electron chi connectivity index (χ4n) is 10.1. The first kappa shape index (κ1) is 62.6. The number of hydrogen-bond acceptors (Lipinski definition) is 12. The van der Waals surface area contributed by atoms with Gasteiger partial charge in [0.1, 0.15) is 11.1 Å². The second kappa shape index (κ2) is 28.7. The highest BCUT2D eigenvalue weighted by atomic mass is 32.2. The van der Waals surface area contributed by atoms with E-state index < -0.39 is 23.8 Å². The first-order valence-corrected chi connectivity index (χ1v) is 31.5. The molecule has 0 N–H and O–H groups in total. The molecule has 1 saturated heterocycles. The summed E-state index contributed by atoms with van der Waals surface area (Å²) in [6.45, 7) is 27.4. The molecule has 3 aromatic carbocycles. The lowest BCUT2D eigenvalue weighted by Crippen LogP contribution is -2.42. The first-order chi connectivity index (χ1) is 37.1. The van der Waals surface area contributed by atoms with E-state index in [0.29, 0.717) is 54.2 Å². The van der Waals surface area contributed by atoms with Gasteiger partial charge >= 0.3 is 11.9 Å². The highest BCUT2D eigenvalue weighted by Gasteiger charge is 2.48. The monoisotopic (exact) mass is 1140 g/mol. The summed E-state index contributed by atoms with van der Waals surface area (Å²) in [6.07, 6.45) is 8.24. The maximum Gasteiger partial charge on any atom is 0.311 e. The number of hydrazine groups is 1. The SMILES string of the molecule is CCCCN(CCCC)C(=O)C(C(=O)N(CCCC)CCCC)=C1Sc2c(OC(=O)CC(C)CC(C)(C)C)c3c(c(OC(=O)CC(C)CC(C)(C)C)c2S1)SC(=C1C(=O)N(Cc2ccccc2)N(Cc2ccccc2)C1=O)S3. The summed E-state index contributed by atoms with van der Waals surface area (Å²) in [4.78, 5) is 95.0. The van der Waals surface area contributed by atoms with Gasteiger partial charge in [0, 0.05) is 39.0 Å². The Morgan fingerprint density at radius 1 is 0.526 bits per heavy atom. The van der Waals surface area contributed by atoms with E-state index in [-0.39, 0.29) is 83.1 Å². The third-order valence-electron chi connectivity index (χ3n) is 13.5. The van der Waals surface area contributed by atoms with Crippen molar-refractivity contribution in [1.29, 1.82) is 0 Å². The predicted molar refractivity (Wildman–Crippen MR) is 318 cm³/mol. The maximum absolute atomic E-state index is 15.4. The summed E-state index contributed by atoms with van der Waals surface area (Å²) < 4.78 is 14.0. The number of rotatable bonds is 26. The minimum absolute atomic E-state index is 0.0395. The third kappa shape index (κ3) is 16.7. The van der Waals surface area contributed by atoms with Crippen LogP contribution in [0, 0.1) is 22.7 Å². The molecule has 12 nitrogen and oxygen atoms in total. The van der Waals surface area contributed by atoms with Crippen molar-refractivity contribution in [1.82, 2.24) is 19.8 Å². The Hall–Kier alpha value is -4.64. The number of benzene rings is 3. The molecular formula is C62H84N4O8S4. The number of carbonyl (C=O) groups is 6. The molecule has 424 valence electrons. The van der Waals surface area contributed by atoms with Crippen LogP contribution in [0.2, 0.25) is 0 Å². The quantitative estimate of drug-likeness (QED) is 0.0249. The average Bonchev–Trinajstić information content (AvgIpc) is 4.18. The fraction of sp³-hybridized carbons (Fsp3) is 0.548. The van der Waals surface area contributed by atoms with Crippen LogP contribution in [0.25, 0.3) is 0 Å². The molecule has 3 aliphatic heterocycles. The number of esters is 2. The number of carbonyl (C=O) groups excluding carboxylic acids is 6. The first-order valence-electron chi connectivity index (χ1n) is 28.2. The third-order valence-corrected chi connectivity index (χ3v) is 18.7. The summed E-state index contributed by atoms with van der Waals surface area (Å²) >= 11 is 4.66. The minimum Gasteiger partial charge on any atom is -0.424 e. The van der Waals surface area contributed by atoms with Crippen LogP contribution in [-0.2, 0) is 41.9 Å². The van der Waals surface area contributed by atoms with Crippen LogP contribution in [0.4, 0.5) is 0 Å². The molecule has 0 aromatic heterocycles. The van der Waals surface area contributed by atoms with Gasteiger partial charge in [0.2, 0.25) is 0 Å². The molecule has 6 rings (SSSR count). The lowest BCUT2D eigenvalue weighted by atomic mass is 9.84.